The molecule has 0 bridgehead atoms. The number of carbonyl (C=O) groups excluding carboxylic acids is 8. The van der Waals surface area contributed by atoms with Gasteiger partial charge in [-0.1, -0.05) is 74.8 Å². The lowest BCUT2D eigenvalue weighted by Crippen LogP contribution is -2.61. The zero-order valence-corrected chi connectivity index (χ0v) is 53.1. The van der Waals surface area contributed by atoms with Gasteiger partial charge < -0.3 is 66.1 Å². The molecule has 29 heteroatoms. The van der Waals surface area contributed by atoms with Crippen LogP contribution in [0.4, 0.5) is 13.6 Å². The van der Waals surface area contributed by atoms with Gasteiger partial charge in [-0.05, 0) is 104 Å². The topological polar surface area (TPSA) is 330 Å². The van der Waals surface area contributed by atoms with Crippen LogP contribution in [0.2, 0.25) is 5.02 Å². The van der Waals surface area contributed by atoms with Gasteiger partial charge in [0, 0.05) is 48.7 Å². The molecular weight excluding hydrogens is 1240 g/mol. The Balaban J connectivity index is 0.878. The third-order valence-electron chi connectivity index (χ3n) is 16.2. The number of methoxy groups -OCH3 is 1. The van der Waals surface area contributed by atoms with Gasteiger partial charge in [-0.2, -0.15) is 8.78 Å². The first kappa shape index (κ1) is 67.8. The number of nitrogens with zero attached hydrogens (tertiary/aromatic N) is 4. The number of thiophene rings is 1. The summed E-state index contributed by atoms with van der Waals surface area (Å²) in [6, 6.07) is 10.5. The first-order valence-corrected chi connectivity index (χ1v) is 32.6. The molecule has 5 aromatic rings. The average molecular weight is 1310 g/mol. The third kappa shape index (κ3) is 16.1. The standard InChI is InChI=1S/C60H73ClF2N9O14PS2/c1-32(34-13-15-36(16-14-34)51-33(2)65-31-88-51)66-54(77)44-27-41(73)28-71(44)57(80)52(59(3,4)5)69-49(75)12-8-10-35-9-7-11-45(50(35)61)86-30-39(18-22-48(64)74)67-53(76)43-20-19-40-23-24-70(58(81)85-6)29-42(56(79)72(40)43)68-55(78)47-26-37-25-38(17-21-46(37)89-47)60(62,63)87(82,83)84/h7,9,11,13-17,21,25-26,31-32,39-44,52,73H,8,10,12,18-20,22-24,27-30H2,1-6H3,(H2,64,74)(H,66,77)(H,67,76)(H,68,78)(H,69,75)(H2,82,83,84)/t32-,39-,40+,41+,42-,43-,44-,52+/m0/s1. The number of thiazole rings is 1. The number of ether oxygens (including phenoxy) is 2. The number of likely N-dealkylation sites (tertiary alicyclic amines) is 1. The molecule has 9 N–H and O–H groups in total. The van der Waals surface area contributed by atoms with Crippen molar-refractivity contribution in [3.63, 3.8) is 0 Å². The largest absolute Gasteiger partial charge is 0.490 e. The second kappa shape index (κ2) is 28.4. The molecule has 0 radical (unpaired) electrons. The minimum Gasteiger partial charge on any atom is -0.490 e. The van der Waals surface area contributed by atoms with Crippen molar-refractivity contribution in [1.82, 2.24) is 41.0 Å². The van der Waals surface area contributed by atoms with Gasteiger partial charge in [0.2, 0.25) is 35.4 Å². The van der Waals surface area contributed by atoms with Crippen molar-refractivity contribution in [3.05, 3.63) is 105 Å². The van der Waals surface area contributed by atoms with Gasteiger partial charge in [0.15, 0.2) is 0 Å². The summed E-state index contributed by atoms with van der Waals surface area (Å²) in [5.74, 6) is -3.96. The summed E-state index contributed by atoms with van der Waals surface area (Å²) in [5, 5.41) is 22.5. The number of β-amino-alcohol motifs (C(OH)–C–C–N with tert-alkyl or cyclic N) is 1. The lowest BCUT2D eigenvalue weighted by Gasteiger charge is -2.38. The molecule has 3 fully saturated rings. The number of aliphatic hydroxyl groups excluding tert-OH is 1. The quantitative estimate of drug-likeness (QED) is 0.0336. The van der Waals surface area contributed by atoms with Gasteiger partial charge >= 0.3 is 19.4 Å². The molecular formula is C60H73ClF2N9O14PS2. The molecule has 0 saturated carbocycles. The lowest BCUT2D eigenvalue weighted by molar-refractivity contribution is -0.144. The van der Waals surface area contributed by atoms with E-state index in [4.69, 9.17) is 26.8 Å². The highest BCUT2D eigenvalue weighted by molar-refractivity contribution is 7.52. The van der Waals surface area contributed by atoms with E-state index < -0.39 is 120 Å². The zero-order valence-electron chi connectivity index (χ0n) is 49.8. The van der Waals surface area contributed by atoms with Crippen molar-refractivity contribution in [2.75, 3.05) is 33.4 Å². The number of nitrogens with one attached hydrogen (secondary N) is 4. The second-order valence-electron chi connectivity index (χ2n) is 23.7. The van der Waals surface area contributed by atoms with Crippen molar-refractivity contribution < 1.29 is 76.1 Å². The molecule has 5 heterocycles. The minimum atomic E-state index is -5.90. The fourth-order valence-corrected chi connectivity index (χ4v) is 13.8. The number of nitrogens with two attached hydrogens (primary N) is 1. The Morgan fingerprint density at radius 3 is 2.31 bits per heavy atom. The van der Waals surface area contributed by atoms with Gasteiger partial charge in [-0.25, -0.2) is 9.78 Å². The first-order valence-electron chi connectivity index (χ1n) is 29.0. The maximum absolute atomic E-state index is 14.7. The second-order valence-corrected chi connectivity index (χ2v) is 27.6. The number of carbonyl (C=O) groups is 8. The number of fused-ring (bicyclic) bond motifs is 2. The van der Waals surface area contributed by atoms with Crippen LogP contribution in [0.1, 0.15) is 117 Å². The number of rotatable bonds is 22. The number of benzene rings is 3. The van der Waals surface area contributed by atoms with Crippen LogP contribution in [-0.2, 0) is 50.2 Å². The molecule has 3 aliphatic rings. The number of amides is 8. The first-order chi connectivity index (χ1) is 41.9. The molecule has 3 aliphatic heterocycles. The molecule has 0 aliphatic carbocycles. The summed E-state index contributed by atoms with van der Waals surface area (Å²) in [6.07, 6.45) is -0.548. The third-order valence-corrected chi connectivity index (χ3v) is 19.7. The molecule has 23 nitrogen and oxygen atoms in total. The predicted molar refractivity (Wildman–Crippen MR) is 328 cm³/mol. The molecule has 8 amide bonds. The normalized spacial score (nSPS) is 20.0. The van der Waals surface area contributed by atoms with Crippen LogP contribution in [0.15, 0.2) is 72.2 Å². The van der Waals surface area contributed by atoms with Crippen molar-refractivity contribution in [1.29, 1.82) is 0 Å². The van der Waals surface area contributed by atoms with E-state index in [0.717, 1.165) is 52.3 Å². The number of halogens is 3. The summed E-state index contributed by atoms with van der Waals surface area (Å²) < 4.78 is 52.2. The Bertz CT molecular complexity index is 3530. The number of aromatic nitrogens is 1. The van der Waals surface area contributed by atoms with Gasteiger partial charge in [0.25, 0.3) is 5.91 Å². The van der Waals surface area contributed by atoms with Crippen molar-refractivity contribution in [3.8, 4) is 16.2 Å². The zero-order chi connectivity index (χ0) is 64.9. The average Bonchev–Trinajstić information content (AvgIpc) is 2.10. The van der Waals surface area contributed by atoms with Gasteiger partial charge in [0.1, 0.15) is 36.5 Å². The molecule has 8 rings (SSSR count). The number of aryl methyl sites for hydroxylation is 2. The molecule has 89 heavy (non-hydrogen) atoms. The van der Waals surface area contributed by atoms with Gasteiger partial charge in [0.05, 0.1) is 57.8 Å². The highest BCUT2D eigenvalue weighted by atomic mass is 35.5. The van der Waals surface area contributed by atoms with E-state index in [1.807, 2.05) is 38.1 Å². The fourth-order valence-electron chi connectivity index (χ4n) is 11.3. The number of hydrogen-bond donors (Lipinski definition) is 8. The highest BCUT2D eigenvalue weighted by Crippen LogP contribution is 2.59. The van der Waals surface area contributed by atoms with Crippen LogP contribution in [0.3, 0.4) is 0 Å². The molecule has 2 aromatic heterocycles. The summed E-state index contributed by atoms with van der Waals surface area (Å²) in [4.78, 5) is 138. The predicted octanol–water partition coefficient (Wildman–Crippen LogP) is 6.67. The summed E-state index contributed by atoms with van der Waals surface area (Å²) in [7, 11) is -4.75. The van der Waals surface area contributed by atoms with Crippen LogP contribution in [0, 0.1) is 12.3 Å². The van der Waals surface area contributed by atoms with E-state index in [-0.39, 0.29) is 92.2 Å². The van der Waals surface area contributed by atoms with Crippen molar-refractivity contribution in [2.24, 2.45) is 11.1 Å². The van der Waals surface area contributed by atoms with Crippen LogP contribution >= 0.6 is 41.9 Å². The Labute approximate surface area is 525 Å². The maximum atomic E-state index is 14.7. The van der Waals surface area contributed by atoms with E-state index >= 15 is 0 Å². The monoisotopic (exact) mass is 1310 g/mol. The van der Waals surface area contributed by atoms with Gasteiger partial charge in [-0.3, -0.25) is 38.1 Å². The Kier molecular flexibility index (Phi) is 21.6. The van der Waals surface area contributed by atoms with E-state index in [1.54, 1.807) is 44.5 Å². The minimum absolute atomic E-state index is 0.0176. The number of aliphatic hydroxyl groups is 1. The Hall–Kier alpha value is -7.13. The van der Waals surface area contributed by atoms with Crippen molar-refractivity contribution in [2.45, 2.75) is 146 Å². The molecule has 480 valence electrons. The number of hydrogen-bond acceptors (Lipinski definition) is 15. The van der Waals surface area contributed by atoms with E-state index in [9.17, 15) is 66.6 Å². The molecule has 0 unspecified atom stereocenters. The molecule has 3 aromatic carbocycles. The highest BCUT2D eigenvalue weighted by Gasteiger charge is 2.51. The summed E-state index contributed by atoms with van der Waals surface area (Å²) in [6.45, 7) is 8.56. The summed E-state index contributed by atoms with van der Waals surface area (Å²) >= 11 is 9.30. The molecule has 3 saturated heterocycles. The van der Waals surface area contributed by atoms with E-state index in [1.165, 1.54) is 38.2 Å². The Morgan fingerprint density at radius 1 is 0.933 bits per heavy atom. The van der Waals surface area contributed by atoms with Crippen LogP contribution in [-0.4, -0.2) is 158 Å². The number of primary amides is 1. The van der Waals surface area contributed by atoms with Crippen LogP contribution < -0.4 is 31.7 Å². The van der Waals surface area contributed by atoms with Crippen molar-refractivity contribution >= 4 is 99.4 Å². The Morgan fingerprint density at radius 2 is 1.65 bits per heavy atom. The van der Waals surface area contributed by atoms with Crippen LogP contribution in [0.5, 0.6) is 5.75 Å². The maximum Gasteiger partial charge on any atom is 0.409 e. The summed E-state index contributed by atoms with van der Waals surface area (Å²) in [5.41, 5.74) is 4.44. The van der Waals surface area contributed by atoms with Crippen LogP contribution in [0.25, 0.3) is 20.5 Å². The SMILES string of the molecule is COC(=O)N1CC[C@H]2CC[C@@H](C(=O)N[C@@H](CCC(N)=O)COc3cccc(CCCC(=O)N[C@H](C(=O)N4C[C@H](O)C[C@H]4C(=O)N[C@@H](C)c4ccc(-c5scnc5C)cc4)C(C)(C)C)c3Cl)N2C(=O)[C@@H](NC(=O)c2cc3cc(C(F)(F)P(=O)(O)O)ccc3s2)C1. The smallest absolute Gasteiger partial charge is 0.409 e. The van der Waals surface area contributed by atoms with Gasteiger partial charge in [-0.15, -0.1) is 22.7 Å². The lowest BCUT2D eigenvalue weighted by atomic mass is 9.85. The van der Waals surface area contributed by atoms with E-state index in [2.05, 4.69) is 26.3 Å². The number of alkyl halides is 2. The van der Waals surface area contributed by atoms with E-state index in [0.29, 0.717) is 23.1 Å². The molecule has 0 spiro atoms. The fraction of sp³-hybridized carbons (Fsp3) is 0.483. The molecule has 8 atom stereocenters.